The highest BCUT2D eigenvalue weighted by Gasteiger charge is 2.13. The topological polar surface area (TPSA) is 68.3 Å². The molecule has 1 aromatic heterocycles. The van der Waals surface area contributed by atoms with Crippen LogP contribution in [0.15, 0.2) is 53.3 Å². The Morgan fingerprint density at radius 3 is 2.68 bits per heavy atom. The van der Waals surface area contributed by atoms with Crippen LogP contribution >= 0.6 is 15.9 Å². The number of rotatable bonds is 5. The number of halogens is 1. The highest BCUT2D eigenvalue weighted by Crippen LogP contribution is 2.12. The molecule has 0 saturated carbocycles. The number of hydrogen-bond acceptors (Lipinski definition) is 4. The first-order chi connectivity index (χ1) is 10.6. The van der Waals surface area contributed by atoms with Crippen molar-refractivity contribution in [2.45, 2.75) is 13.0 Å². The molecule has 0 radical (unpaired) electrons. The molecule has 114 valence electrons. The van der Waals surface area contributed by atoms with Crippen LogP contribution in [0.2, 0.25) is 0 Å². The van der Waals surface area contributed by atoms with Gasteiger partial charge in [-0.2, -0.15) is 0 Å². The summed E-state index contributed by atoms with van der Waals surface area (Å²) in [6.45, 7) is 1.54. The Balaban J connectivity index is 1.84. The normalized spacial score (nSPS) is 11.5. The van der Waals surface area contributed by atoms with Crippen molar-refractivity contribution in [3.05, 3.63) is 64.4 Å². The number of carbonyl (C=O) groups excluding carboxylic acids is 2. The number of benzene rings is 1. The van der Waals surface area contributed by atoms with E-state index in [1.165, 1.54) is 6.20 Å². The van der Waals surface area contributed by atoms with E-state index in [9.17, 15) is 9.59 Å². The van der Waals surface area contributed by atoms with Crippen molar-refractivity contribution >= 4 is 27.8 Å². The van der Waals surface area contributed by atoms with Gasteiger partial charge in [0.2, 0.25) is 0 Å². The molecular formula is C16H15BrN2O3. The predicted octanol–water partition coefficient (Wildman–Crippen LogP) is 2.88. The van der Waals surface area contributed by atoms with Gasteiger partial charge in [-0.05, 0) is 34.5 Å². The zero-order valence-corrected chi connectivity index (χ0v) is 13.5. The Bertz CT molecular complexity index is 661. The van der Waals surface area contributed by atoms with Gasteiger partial charge in [0.1, 0.15) is 0 Å². The van der Waals surface area contributed by atoms with Crippen LogP contribution in [0.5, 0.6) is 0 Å². The second-order valence-corrected chi connectivity index (χ2v) is 5.58. The minimum atomic E-state index is -0.587. The number of hydrogen-bond donors (Lipinski definition) is 1. The lowest BCUT2D eigenvalue weighted by molar-refractivity contribution is -0.124. The Kier molecular flexibility index (Phi) is 5.66. The quantitative estimate of drug-likeness (QED) is 0.830. The molecule has 0 saturated heterocycles. The molecule has 1 amide bonds. The SMILES string of the molecule is C[C@@H](NC(=O)COC(=O)c1cncc(Br)c1)c1ccccc1. The summed E-state index contributed by atoms with van der Waals surface area (Å²) in [4.78, 5) is 27.5. The van der Waals surface area contributed by atoms with E-state index in [2.05, 4.69) is 26.2 Å². The fraction of sp³-hybridized carbons (Fsp3) is 0.188. The van der Waals surface area contributed by atoms with Crippen LogP contribution in [0.25, 0.3) is 0 Å². The summed E-state index contributed by atoms with van der Waals surface area (Å²) in [6, 6.07) is 11.0. The maximum Gasteiger partial charge on any atom is 0.340 e. The van der Waals surface area contributed by atoms with Gasteiger partial charge >= 0.3 is 5.97 Å². The average Bonchev–Trinajstić information content (AvgIpc) is 2.53. The second kappa shape index (κ2) is 7.70. The first kappa shape index (κ1) is 16.2. The Labute approximate surface area is 136 Å². The molecule has 0 aliphatic rings. The first-order valence-corrected chi connectivity index (χ1v) is 7.47. The third-order valence-electron chi connectivity index (χ3n) is 2.95. The summed E-state index contributed by atoms with van der Waals surface area (Å²) >= 11 is 3.22. The van der Waals surface area contributed by atoms with Gasteiger partial charge in [0.25, 0.3) is 5.91 Å². The fourth-order valence-electron chi connectivity index (χ4n) is 1.85. The molecule has 2 aromatic rings. The van der Waals surface area contributed by atoms with Crippen LogP contribution in [0, 0.1) is 0 Å². The monoisotopic (exact) mass is 362 g/mol. The average molecular weight is 363 g/mol. The Morgan fingerprint density at radius 2 is 2.00 bits per heavy atom. The summed E-state index contributed by atoms with van der Waals surface area (Å²) in [7, 11) is 0. The lowest BCUT2D eigenvalue weighted by Crippen LogP contribution is -2.31. The summed E-state index contributed by atoms with van der Waals surface area (Å²) in [5.41, 5.74) is 1.27. The maximum atomic E-state index is 11.8. The van der Waals surface area contributed by atoms with Crippen LogP contribution in [0.4, 0.5) is 0 Å². The van der Waals surface area contributed by atoms with Crippen molar-refractivity contribution in [2.24, 2.45) is 0 Å². The van der Waals surface area contributed by atoms with Gasteiger partial charge in [0.15, 0.2) is 6.61 Å². The van der Waals surface area contributed by atoms with Crippen LogP contribution in [-0.4, -0.2) is 23.5 Å². The van der Waals surface area contributed by atoms with E-state index >= 15 is 0 Å². The van der Waals surface area contributed by atoms with Gasteiger partial charge in [0.05, 0.1) is 11.6 Å². The summed E-state index contributed by atoms with van der Waals surface area (Å²) in [5, 5.41) is 2.77. The van der Waals surface area contributed by atoms with Gasteiger partial charge < -0.3 is 10.1 Å². The molecule has 0 fully saturated rings. The molecule has 1 N–H and O–H groups in total. The van der Waals surface area contributed by atoms with E-state index in [4.69, 9.17) is 4.74 Å². The maximum absolute atomic E-state index is 11.8. The van der Waals surface area contributed by atoms with Gasteiger partial charge in [-0.25, -0.2) is 4.79 Å². The van der Waals surface area contributed by atoms with Crippen LogP contribution in [-0.2, 0) is 9.53 Å². The molecule has 0 bridgehead atoms. The van der Waals surface area contributed by atoms with E-state index in [1.54, 1.807) is 12.3 Å². The van der Waals surface area contributed by atoms with E-state index in [0.29, 0.717) is 10.0 Å². The van der Waals surface area contributed by atoms with Crippen LogP contribution in [0.1, 0.15) is 28.9 Å². The number of ether oxygens (including phenoxy) is 1. The zero-order chi connectivity index (χ0) is 15.9. The predicted molar refractivity (Wildman–Crippen MR) is 85.2 cm³/mol. The van der Waals surface area contributed by atoms with E-state index < -0.39 is 5.97 Å². The van der Waals surface area contributed by atoms with E-state index in [0.717, 1.165) is 5.56 Å². The molecule has 0 spiro atoms. The largest absolute Gasteiger partial charge is 0.452 e. The molecule has 6 heteroatoms. The minimum absolute atomic E-state index is 0.153. The number of nitrogens with one attached hydrogen (secondary N) is 1. The van der Waals surface area contributed by atoms with Gasteiger partial charge in [-0.1, -0.05) is 30.3 Å². The van der Waals surface area contributed by atoms with Crippen molar-refractivity contribution in [1.29, 1.82) is 0 Å². The summed E-state index contributed by atoms with van der Waals surface area (Å²) in [6.07, 6.45) is 2.95. The number of aromatic nitrogens is 1. The van der Waals surface area contributed by atoms with Crippen LogP contribution < -0.4 is 5.32 Å². The van der Waals surface area contributed by atoms with Gasteiger partial charge in [-0.15, -0.1) is 0 Å². The molecule has 0 unspecified atom stereocenters. The van der Waals surface area contributed by atoms with Crippen molar-refractivity contribution in [3.63, 3.8) is 0 Å². The summed E-state index contributed by atoms with van der Waals surface area (Å²) < 4.78 is 5.64. The second-order valence-electron chi connectivity index (χ2n) is 4.67. The molecule has 0 aliphatic carbocycles. The third-order valence-corrected chi connectivity index (χ3v) is 3.39. The molecule has 1 atom stereocenters. The van der Waals surface area contributed by atoms with Crippen molar-refractivity contribution in [2.75, 3.05) is 6.61 Å². The van der Waals surface area contributed by atoms with E-state index in [-0.39, 0.29) is 18.6 Å². The molecule has 1 heterocycles. The zero-order valence-electron chi connectivity index (χ0n) is 12.0. The Morgan fingerprint density at radius 1 is 1.27 bits per heavy atom. The highest BCUT2D eigenvalue weighted by atomic mass is 79.9. The van der Waals surface area contributed by atoms with E-state index in [1.807, 2.05) is 37.3 Å². The number of nitrogens with zero attached hydrogens (tertiary/aromatic N) is 1. The smallest absolute Gasteiger partial charge is 0.340 e. The lowest BCUT2D eigenvalue weighted by Gasteiger charge is -2.14. The fourth-order valence-corrected chi connectivity index (χ4v) is 2.21. The standard InChI is InChI=1S/C16H15BrN2O3/c1-11(12-5-3-2-4-6-12)19-15(20)10-22-16(21)13-7-14(17)9-18-8-13/h2-9,11H,10H2,1H3,(H,19,20)/t11-/m1/s1. The summed E-state index contributed by atoms with van der Waals surface area (Å²) in [5.74, 6) is -0.941. The number of pyridine rings is 1. The number of carbonyl (C=O) groups is 2. The lowest BCUT2D eigenvalue weighted by atomic mass is 10.1. The molecule has 0 aliphatic heterocycles. The van der Waals surface area contributed by atoms with Crippen LogP contribution in [0.3, 0.4) is 0 Å². The number of amides is 1. The Hall–Kier alpha value is -2.21. The molecule has 1 aromatic carbocycles. The van der Waals surface area contributed by atoms with Crippen molar-refractivity contribution < 1.29 is 14.3 Å². The highest BCUT2D eigenvalue weighted by molar-refractivity contribution is 9.10. The molecule has 2 rings (SSSR count). The number of esters is 1. The first-order valence-electron chi connectivity index (χ1n) is 6.68. The minimum Gasteiger partial charge on any atom is -0.452 e. The molecule has 22 heavy (non-hydrogen) atoms. The van der Waals surface area contributed by atoms with Gasteiger partial charge in [0, 0.05) is 16.9 Å². The molecular weight excluding hydrogens is 348 g/mol. The van der Waals surface area contributed by atoms with Gasteiger partial charge in [-0.3, -0.25) is 9.78 Å². The van der Waals surface area contributed by atoms with Crippen molar-refractivity contribution in [1.82, 2.24) is 10.3 Å². The molecule has 5 nitrogen and oxygen atoms in total. The third kappa shape index (κ3) is 4.66. The van der Waals surface area contributed by atoms with Crippen molar-refractivity contribution in [3.8, 4) is 0 Å².